The quantitative estimate of drug-likeness (QED) is 0.710. The van der Waals surface area contributed by atoms with E-state index in [0.29, 0.717) is 5.92 Å². The van der Waals surface area contributed by atoms with Crippen LogP contribution in [0.25, 0.3) is 0 Å². The lowest BCUT2D eigenvalue weighted by molar-refractivity contribution is -0.134. The molecule has 0 aromatic carbocycles. The molecule has 0 saturated heterocycles. The number of carbonyl (C=O) groups is 2. The van der Waals surface area contributed by atoms with Crippen LogP contribution in [0.15, 0.2) is 0 Å². The lowest BCUT2D eigenvalue weighted by Gasteiger charge is -2.28. The molecular formula is C12H24N2O4. The average Bonchev–Trinajstić information content (AvgIpc) is 2.18. The Morgan fingerprint density at radius 3 is 2.11 bits per heavy atom. The smallest absolute Gasteiger partial charge is 0.404 e. The fourth-order valence-corrected chi connectivity index (χ4v) is 2.18. The van der Waals surface area contributed by atoms with E-state index in [2.05, 4.69) is 0 Å². The number of primary amides is 1. The van der Waals surface area contributed by atoms with Gasteiger partial charge in [0.2, 0.25) is 0 Å². The largest absolute Gasteiger partial charge is 0.481 e. The number of amides is 1. The molecule has 0 aromatic heterocycles. The zero-order valence-electron chi connectivity index (χ0n) is 11.1. The first-order valence-electron chi connectivity index (χ1n) is 6.22. The maximum absolute atomic E-state index is 10.5. The monoisotopic (exact) mass is 260 g/mol. The third-order valence-electron chi connectivity index (χ3n) is 2.78. The number of aliphatic carboxylic acids is 1. The molecule has 0 heterocycles. The molecule has 0 radical (unpaired) electrons. The molecule has 6 heteroatoms. The van der Waals surface area contributed by atoms with Crippen LogP contribution >= 0.6 is 0 Å². The maximum atomic E-state index is 10.5. The standard InChI is InChI=1S/C10H20N2O2.C2H4O2/c1-7(11)6-8-2-4-9(5-3-8)14-10(12)13;1-2(3)4/h7-9H,2-6,11H2,1H3,(H2,12,13);1H3,(H,3,4)/t7?,8-,9-;. The zero-order chi connectivity index (χ0) is 14.1. The lowest BCUT2D eigenvalue weighted by Crippen LogP contribution is -2.29. The minimum atomic E-state index is -0.833. The van der Waals surface area contributed by atoms with Crippen molar-refractivity contribution in [2.75, 3.05) is 0 Å². The topological polar surface area (TPSA) is 116 Å². The van der Waals surface area contributed by atoms with Gasteiger partial charge in [-0.3, -0.25) is 4.79 Å². The van der Waals surface area contributed by atoms with Crippen molar-refractivity contribution in [1.29, 1.82) is 0 Å². The number of hydrogen-bond donors (Lipinski definition) is 3. The molecular weight excluding hydrogens is 236 g/mol. The van der Waals surface area contributed by atoms with Gasteiger partial charge in [-0.05, 0) is 44.9 Å². The molecule has 1 atom stereocenters. The van der Waals surface area contributed by atoms with Gasteiger partial charge in [-0.15, -0.1) is 0 Å². The van der Waals surface area contributed by atoms with Crippen LogP contribution in [0, 0.1) is 5.92 Å². The Kier molecular flexibility index (Phi) is 8.11. The Balaban J connectivity index is 0.000000631. The van der Waals surface area contributed by atoms with Gasteiger partial charge in [0, 0.05) is 13.0 Å². The minimum absolute atomic E-state index is 0.0387. The first-order chi connectivity index (χ1) is 8.31. The van der Waals surface area contributed by atoms with Crippen LogP contribution in [0.4, 0.5) is 4.79 Å². The summed E-state index contributed by atoms with van der Waals surface area (Å²) < 4.78 is 4.95. The Labute approximate surface area is 108 Å². The van der Waals surface area contributed by atoms with E-state index in [1.807, 2.05) is 6.92 Å². The molecule has 1 rings (SSSR count). The van der Waals surface area contributed by atoms with Crippen molar-refractivity contribution in [3.05, 3.63) is 0 Å². The SMILES string of the molecule is CC(=O)O.CC(N)C[C@H]1CC[C@H](OC(N)=O)CC1. The van der Waals surface area contributed by atoms with Gasteiger partial charge in [-0.1, -0.05) is 0 Å². The summed E-state index contributed by atoms with van der Waals surface area (Å²) in [7, 11) is 0. The summed E-state index contributed by atoms with van der Waals surface area (Å²) in [6.07, 6.45) is 4.51. The Morgan fingerprint density at radius 2 is 1.78 bits per heavy atom. The zero-order valence-corrected chi connectivity index (χ0v) is 11.1. The van der Waals surface area contributed by atoms with E-state index in [0.717, 1.165) is 39.0 Å². The second-order valence-corrected chi connectivity index (χ2v) is 4.81. The normalized spacial score (nSPS) is 24.4. The molecule has 1 aliphatic rings. The van der Waals surface area contributed by atoms with E-state index in [1.54, 1.807) is 0 Å². The van der Waals surface area contributed by atoms with E-state index in [-0.39, 0.29) is 12.1 Å². The van der Waals surface area contributed by atoms with Crippen LogP contribution in [0.5, 0.6) is 0 Å². The molecule has 1 aliphatic carbocycles. The van der Waals surface area contributed by atoms with E-state index in [1.165, 1.54) is 0 Å². The second-order valence-electron chi connectivity index (χ2n) is 4.81. The number of nitrogens with two attached hydrogens (primary N) is 2. The van der Waals surface area contributed by atoms with Crippen LogP contribution < -0.4 is 11.5 Å². The molecule has 0 bridgehead atoms. The van der Waals surface area contributed by atoms with Crippen LogP contribution in [0.2, 0.25) is 0 Å². The molecule has 6 nitrogen and oxygen atoms in total. The van der Waals surface area contributed by atoms with Gasteiger partial charge in [-0.2, -0.15) is 0 Å². The van der Waals surface area contributed by atoms with Crippen molar-refractivity contribution in [2.45, 2.75) is 58.1 Å². The maximum Gasteiger partial charge on any atom is 0.404 e. The first-order valence-corrected chi connectivity index (χ1v) is 6.22. The van der Waals surface area contributed by atoms with Gasteiger partial charge in [0.1, 0.15) is 6.10 Å². The Bertz CT molecular complexity index is 257. The lowest BCUT2D eigenvalue weighted by atomic mass is 9.84. The summed E-state index contributed by atoms with van der Waals surface area (Å²) in [5.74, 6) is -0.136. The van der Waals surface area contributed by atoms with E-state index < -0.39 is 12.1 Å². The predicted octanol–water partition coefficient (Wildman–Crippen LogP) is 1.47. The fourth-order valence-electron chi connectivity index (χ4n) is 2.18. The van der Waals surface area contributed by atoms with Crippen molar-refractivity contribution in [1.82, 2.24) is 0 Å². The number of ether oxygens (including phenoxy) is 1. The molecule has 0 aliphatic heterocycles. The van der Waals surface area contributed by atoms with Crippen LogP contribution in [0.3, 0.4) is 0 Å². The highest BCUT2D eigenvalue weighted by molar-refractivity contribution is 5.64. The molecule has 1 unspecified atom stereocenters. The summed E-state index contributed by atoms with van der Waals surface area (Å²) >= 11 is 0. The Morgan fingerprint density at radius 1 is 1.33 bits per heavy atom. The summed E-state index contributed by atoms with van der Waals surface area (Å²) in [4.78, 5) is 19.5. The van der Waals surface area contributed by atoms with Crippen LogP contribution in [0.1, 0.15) is 46.0 Å². The molecule has 106 valence electrons. The van der Waals surface area contributed by atoms with Gasteiger partial charge >= 0.3 is 6.09 Å². The number of carbonyl (C=O) groups excluding carboxylic acids is 1. The number of carboxylic acid groups (broad SMARTS) is 1. The number of rotatable bonds is 3. The van der Waals surface area contributed by atoms with Crippen LogP contribution in [-0.4, -0.2) is 29.3 Å². The van der Waals surface area contributed by atoms with E-state index in [9.17, 15) is 4.79 Å². The molecule has 0 aromatic rings. The number of hydrogen-bond acceptors (Lipinski definition) is 4. The third kappa shape index (κ3) is 9.89. The average molecular weight is 260 g/mol. The predicted molar refractivity (Wildman–Crippen MR) is 68.0 cm³/mol. The molecule has 18 heavy (non-hydrogen) atoms. The van der Waals surface area contributed by atoms with Gasteiger partial charge in [0.25, 0.3) is 5.97 Å². The third-order valence-corrected chi connectivity index (χ3v) is 2.78. The summed E-state index contributed by atoms with van der Waals surface area (Å²) in [6, 6.07) is 0.272. The van der Waals surface area contributed by atoms with E-state index in [4.69, 9.17) is 26.1 Å². The molecule has 1 fully saturated rings. The summed E-state index contributed by atoms with van der Waals surface area (Å²) in [6.45, 7) is 3.12. The van der Waals surface area contributed by atoms with Gasteiger partial charge < -0.3 is 21.3 Å². The fraction of sp³-hybridized carbons (Fsp3) is 0.833. The van der Waals surface area contributed by atoms with Crippen molar-refractivity contribution < 1.29 is 19.4 Å². The molecule has 1 saturated carbocycles. The first kappa shape index (κ1) is 16.7. The summed E-state index contributed by atoms with van der Waals surface area (Å²) in [5.41, 5.74) is 10.7. The van der Waals surface area contributed by atoms with Crippen molar-refractivity contribution in [2.24, 2.45) is 17.4 Å². The highest BCUT2D eigenvalue weighted by atomic mass is 16.6. The molecule has 5 N–H and O–H groups in total. The van der Waals surface area contributed by atoms with E-state index >= 15 is 0 Å². The van der Waals surface area contributed by atoms with Crippen molar-refractivity contribution in [3.63, 3.8) is 0 Å². The minimum Gasteiger partial charge on any atom is -0.481 e. The molecule has 0 spiro atoms. The van der Waals surface area contributed by atoms with Crippen LogP contribution in [-0.2, 0) is 9.53 Å². The van der Waals surface area contributed by atoms with Crippen molar-refractivity contribution >= 4 is 12.1 Å². The van der Waals surface area contributed by atoms with Gasteiger partial charge in [0.15, 0.2) is 0 Å². The highest BCUT2D eigenvalue weighted by Gasteiger charge is 2.23. The van der Waals surface area contributed by atoms with Gasteiger partial charge in [-0.25, -0.2) is 4.79 Å². The van der Waals surface area contributed by atoms with Crippen molar-refractivity contribution in [3.8, 4) is 0 Å². The van der Waals surface area contributed by atoms with Gasteiger partial charge in [0.05, 0.1) is 0 Å². The molecule has 1 amide bonds. The second kappa shape index (κ2) is 8.74. The Hall–Kier alpha value is -1.30. The summed E-state index contributed by atoms with van der Waals surface area (Å²) in [5, 5.41) is 7.42. The highest BCUT2D eigenvalue weighted by Crippen LogP contribution is 2.28. The number of carboxylic acids is 1.